The second-order valence-electron chi connectivity index (χ2n) is 5.74. The molecule has 0 radical (unpaired) electrons. The minimum absolute atomic E-state index is 0.271. The predicted octanol–water partition coefficient (Wildman–Crippen LogP) is 1.09. The lowest BCUT2D eigenvalue weighted by Gasteiger charge is -2.32. The zero-order valence-electron chi connectivity index (χ0n) is 12.9. The Morgan fingerprint density at radius 2 is 2.00 bits per heavy atom. The third-order valence-corrected chi connectivity index (χ3v) is 5.71. The van der Waals surface area contributed by atoms with Gasteiger partial charge in [0, 0.05) is 32.9 Å². The van der Waals surface area contributed by atoms with Gasteiger partial charge in [0.1, 0.15) is 10.7 Å². The smallest absolute Gasteiger partial charge is 0.244 e. The molecule has 6 nitrogen and oxygen atoms in total. The van der Waals surface area contributed by atoms with Crippen LogP contribution in [-0.2, 0) is 10.0 Å². The van der Waals surface area contributed by atoms with E-state index < -0.39 is 10.0 Å². The molecule has 0 bridgehead atoms. The molecule has 1 aromatic heterocycles. The largest absolute Gasteiger partial charge is 0.373 e. The standard InChI is InChI=1S/C14H24N4O2S/c1-15-14-5-4-13(10-16-14)21(19,20)18-8-6-12(7-9-18)11-17(2)3/h4-5,10,12H,6-9,11H2,1-3H3,(H,15,16). The third kappa shape index (κ3) is 3.93. The number of pyridine rings is 1. The van der Waals surface area contributed by atoms with Gasteiger partial charge in [0.2, 0.25) is 10.0 Å². The molecule has 0 amide bonds. The normalized spacial score (nSPS) is 18.1. The highest BCUT2D eigenvalue weighted by molar-refractivity contribution is 7.89. The van der Waals surface area contributed by atoms with Crippen molar-refractivity contribution in [2.45, 2.75) is 17.7 Å². The van der Waals surface area contributed by atoms with Gasteiger partial charge in [0.25, 0.3) is 0 Å². The number of piperidine rings is 1. The Bertz CT molecular complexity index is 549. The zero-order valence-corrected chi connectivity index (χ0v) is 13.7. The summed E-state index contributed by atoms with van der Waals surface area (Å²) in [5.41, 5.74) is 0. The molecule has 0 spiro atoms. The molecule has 0 unspecified atom stereocenters. The van der Waals surface area contributed by atoms with Crippen LogP contribution >= 0.6 is 0 Å². The van der Waals surface area contributed by atoms with Crippen molar-refractivity contribution in [3.8, 4) is 0 Å². The monoisotopic (exact) mass is 312 g/mol. The van der Waals surface area contributed by atoms with E-state index in [-0.39, 0.29) is 4.90 Å². The fourth-order valence-corrected chi connectivity index (χ4v) is 4.09. The van der Waals surface area contributed by atoms with Crippen molar-refractivity contribution in [1.82, 2.24) is 14.2 Å². The summed E-state index contributed by atoms with van der Waals surface area (Å²) in [4.78, 5) is 6.52. The molecule has 1 saturated heterocycles. The van der Waals surface area contributed by atoms with Crippen molar-refractivity contribution in [3.63, 3.8) is 0 Å². The maximum absolute atomic E-state index is 12.6. The quantitative estimate of drug-likeness (QED) is 0.881. The topological polar surface area (TPSA) is 65.5 Å². The summed E-state index contributed by atoms with van der Waals surface area (Å²) < 4.78 is 26.7. The number of hydrogen-bond acceptors (Lipinski definition) is 5. The van der Waals surface area contributed by atoms with Crippen LogP contribution in [0, 0.1) is 5.92 Å². The molecule has 2 rings (SSSR count). The molecular weight excluding hydrogens is 288 g/mol. The summed E-state index contributed by atoms with van der Waals surface area (Å²) in [6, 6.07) is 3.30. The first-order valence-electron chi connectivity index (χ1n) is 7.22. The van der Waals surface area contributed by atoms with E-state index in [1.807, 2.05) is 0 Å². The molecular formula is C14H24N4O2S. The SMILES string of the molecule is CNc1ccc(S(=O)(=O)N2CCC(CN(C)C)CC2)cn1. The highest BCUT2D eigenvalue weighted by atomic mass is 32.2. The first-order valence-corrected chi connectivity index (χ1v) is 8.66. The summed E-state index contributed by atoms with van der Waals surface area (Å²) in [6.07, 6.45) is 3.26. The molecule has 118 valence electrons. The Hall–Kier alpha value is -1.18. The van der Waals surface area contributed by atoms with Crippen LogP contribution in [0.5, 0.6) is 0 Å². The Morgan fingerprint density at radius 3 is 2.48 bits per heavy atom. The zero-order chi connectivity index (χ0) is 15.5. The van der Waals surface area contributed by atoms with Crippen LogP contribution in [0.3, 0.4) is 0 Å². The van der Waals surface area contributed by atoms with E-state index in [1.54, 1.807) is 23.5 Å². The number of aromatic nitrogens is 1. The Labute approximate surface area is 127 Å². The lowest BCUT2D eigenvalue weighted by molar-refractivity contribution is 0.225. The number of nitrogens with zero attached hydrogens (tertiary/aromatic N) is 3. The van der Waals surface area contributed by atoms with Gasteiger partial charge in [-0.05, 0) is 45.0 Å². The first kappa shape index (κ1) is 16.2. The number of anilines is 1. The van der Waals surface area contributed by atoms with E-state index in [1.165, 1.54) is 6.20 Å². The van der Waals surface area contributed by atoms with Gasteiger partial charge >= 0.3 is 0 Å². The molecule has 1 aromatic rings. The van der Waals surface area contributed by atoms with Crippen molar-refractivity contribution in [1.29, 1.82) is 0 Å². The molecule has 0 aromatic carbocycles. The van der Waals surface area contributed by atoms with Crippen LogP contribution in [0.2, 0.25) is 0 Å². The van der Waals surface area contributed by atoms with Gasteiger partial charge in [-0.15, -0.1) is 0 Å². The van der Waals surface area contributed by atoms with Crippen LogP contribution in [-0.4, -0.2) is 63.4 Å². The van der Waals surface area contributed by atoms with Crippen molar-refractivity contribution < 1.29 is 8.42 Å². The van der Waals surface area contributed by atoms with Gasteiger partial charge in [-0.1, -0.05) is 0 Å². The van der Waals surface area contributed by atoms with E-state index in [9.17, 15) is 8.42 Å². The van der Waals surface area contributed by atoms with Gasteiger partial charge in [-0.2, -0.15) is 4.31 Å². The van der Waals surface area contributed by atoms with Crippen LogP contribution < -0.4 is 5.32 Å². The lowest BCUT2D eigenvalue weighted by Crippen LogP contribution is -2.40. The first-order chi connectivity index (χ1) is 9.93. The second kappa shape index (κ2) is 6.72. The van der Waals surface area contributed by atoms with E-state index in [0.717, 1.165) is 19.4 Å². The fourth-order valence-electron chi connectivity index (χ4n) is 2.68. The minimum Gasteiger partial charge on any atom is -0.373 e. The average molecular weight is 312 g/mol. The predicted molar refractivity (Wildman–Crippen MR) is 83.8 cm³/mol. The number of rotatable bonds is 5. The van der Waals surface area contributed by atoms with Crippen LogP contribution in [0.4, 0.5) is 5.82 Å². The maximum atomic E-state index is 12.6. The van der Waals surface area contributed by atoms with E-state index >= 15 is 0 Å². The number of nitrogens with one attached hydrogen (secondary N) is 1. The Morgan fingerprint density at radius 1 is 1.33 bits per heavy atom. The van der Waals surface area contributed by atoms with Gasteiger partial charge in [-0.25, -0.2) is 13.4 Å². The van der Waals surface area contributed by atoms with Gasteiger partial charge in [0.15, 0.2) is 0 Å². The van der Waals surface area contributed by atoms with Crippen LogP contribution in [0.15, 0.2) is 23.2 Å². The van der Waals surface area contributed by atoms with Gasteiger partial charge in [0.05, 0.1) is 0 Å². The molecule has 2 heterocycles. The van der Waals surface area contributed by atoms with Gasteiger partial charge in [-0.3, -0.25) is 0 Å². The molecule has 1 N–H and O–H groups in total. The Kier molecular flexibility index (Phi) is 5.18. The van der Waals surface area contributed by atoms with Gasteiger partial charge < -0.3 is 10.2 Å². The number of hydrogen-bond donors (Lipinski definition) is 1. The van der Waals surface area contributed by atoms with Crippen molar-refractivity contribution in [2.75, 3.05) is 46.1 Å². The fraction of sp³-hybridized carbons (Fsp3) is 0.643. The van der Waals surface area contributed by atoms with Crippen molar-refractivity contribution in [2.24, 2.45) is 5.92 Å². The molecule has 21 heavy (non-hydrogen) atoms. The van der Waals surface area contributed by atoms with Crippen molar-refractivity contribution in [3.05, 3.63) is 18.3 Å². The average Bonchev–Trinajstić information content (AvgIpc) is 2.47. The summed E-state index contributed by atoms with van der Waals surface area (Å²) in [5.74, 6) is 1.25. The second-order valence-corrected chi connectivity index (χ2v) is 7.68. The summed E-state index contributed by atoms with van der Waals surface area (Å²) >= 11 is 0. The highest BCUT2D eigenvalue weighted by Gasteiger charge is 2.29. The summed E-state index contributed by atoms with van der Waals surface area (Å²) in [6.45, 7) is 2.20. The summed E-state index contributed by atoms with van der Waals surface area (Å²) in [7, 11) is 2.45. The van der Waals surface area contributed by atoms with Crippen LogP contribution in [0.1, 0.15) is 12.8 Å². The van der Waals surface area contributed by atoms with E-state index in [4.69, 9.17) is 0 Å². The maximum Gasteiger partial charge on any atom is 0.244 e. The number of sulfonamides is 1. The Balaban J connectivity index is 2.03. The molecule has 1 fully saturated rings. The molecule has 0 atom stereocenters. The molecule has 7 heteroatoms. The summed E-state index contributed by atoms with van der Waals surface area (Å²) in [5, 5.41) is 2.88. The highest BCUT2D eigenvalue weighted by Crippen LogP contribution is 2.24. The minimum atomic E-state index is -3.41. The third-order valence-electron chi connectivity index (χ3n) is 3.83. The van der Waals surface area contributed by atoms with E-state index in [2.05, 4.69) is 29.3 Å². The van der Waals surface area contributed by atoms with Crippen molar-refractivity contribution >= 4 is 15.8 Å². The molecule has 0 saturated carbocycles. The lowest BCUT2D eigenvalue weighted by atomic mass is 9.98. The van der Waals surface area contributed by atoms with E-state index in [0.29, 0.717) is 24.8 Å². The molecule has 0 aliphatic carbocycles. The molecule has 1 aliphatic heterocycles. The molecule has 1 aliphatic rings. The van der Waals surface area contributed by atoms with Crippen LogP contribution in [0.25, 0.3) is 0 Å².